The van der Waals surface area contributed by atoms with Crippen LogP contribution >= 0.6 is 0 Å². The van der Waals surface area contributed by atoms with Gasteiger partial charge in [-0.3, -0.25) is 4.57 Å². The number of hydrogen-bond acceptors (Lipinski definition) is 2. The summed E-state index contributed by atoms with van der Waals surface area (Å²) < 4.78 is 2.43. The summed E-state index contributed by atoms with van der Waals surface area (Å²) in [6, 6.07) is 41.8. The molecule has 0 bridgehead atoms. The van der Waals surface area contributed by atoms with Crippen molar-refractivity contribution >= 4 is 33.3 Å². The van der Waals surface area contributed by atoms with Crippen molar-refractivity contribution in [2.45, 2.75) is 25.3 Å². The van der Waals surface area contributed by atoms with Crippen molar-refractivity contribution in [1.29, 1.82) is 0 Å². The molecule has 3 aliphatic rings. The third-order valence-electron chi connectivity index (χ3n) is 9.64. The van der Waals surface area contributed by atoms with Crippen LogP contribution in [0.3, 0.4) is 0 Å². The van der Waals surface area contributed by atoms with Crippen molar-refractivity contribution in [2.75, 3.05) is 0 Å². The standard InChI is InChI=1S/C41H31N3/c1-41(2)33-21-11-8-18-29(33)36-32-25-24-26-14-6-7-17-28(26)38(32)44(39(36)30-19-9-12-22-34(30)41)40-42-35-23-13-10-20-31(35)37(43-40)27-15-4-3-5-16-27/h3-25,35H,1-2H3,(H,42,43). The average molecular weight is 566 g/mol. The first-order valence-corrected chi connectivity index (χ1v) is 15.4. The van der Waals surface area contributed by atoms with Gasteiger partial charge < -0.3 is 5.32 Å². The molecule has 44 heavy (non-hydrogen) atoms. The molecule has 0 amide bonds. The monoisotopic (exact) mass is 565 g/mol. The van der Waals surface area contributed by atoms with Gasteiger partial charge in [0.15, 0.2) is 0 Å². The van der Waals surface area contributed by atoms with Crippen LogP contribution in [0.1, 0.15) is 30.5 Å². The van der Waals surface area contributed by atoms with Gasteiger partial charge >= 0.3 is 0 Å². The van der Waals surface area contributed by atoms with Crippen molar-refractivity contribution in [3.05, 3.63) is 162 Å². The Bertz CT molecular complexity index is 2270. The van der Waals surface area contributed by atoms with Crippen LogP contribution in [0.25, 0.3) is 49.8 Å². The Balaban J connectivity index is 1.48. The lowest BCUT2D eigenvalue weighted by Crippen LogP contribution is -2.42. The lowest BCUT2D eigenvalue weighted by Gasteiger charge is -2.30. The van der Waals surface area contributed by atoms with Crippen molar-refractivity contribution in [3.63, 3.8) is 0 Å². The van der Waals surface area contributed by atoms with E-state index in [1.807, 2.05) is 0 Å². The van der Waals surface area contributed by atoms with E-state index in [9.17, 15) is 0 Å². The van der Waals surface area contributed by atoms with Crippen molar-refractivity contribution in [3.8, 4) is 22.4 Å². The first kappa shape index (κ1) is 25.1. The van der Waals surface area contributed by atoms with Gasteiger partial charge in [0.1, 0.15) is 0 Å². The van der Waals surface area contributed by atoms with E-state index in [1.54, 1.807) is 0 Å². The van der Waals surface area contributed by atoms with Gasteiger partial charge in [-0.25, -0.2) is 4.99 Å². The molecule has 2 heterocycles. The van der Waals surface area contributed by atoms with Crippen molar-refractivity contribution in [1.82, 2.24) is 9.88 Å². The molecule has 6 aromatic rings. The lowest BCUT2D eigenvalue weighted by molar-refractivity contribution is 0.646. The SMILES string of the molecule is CC1(C)c2ccccc2-c2c(n(C3=NC(c4ccccc4)=C4C=CC=CC4N3)c3c2ccc2ccccc23)-c2ccccc21. The summed E-state index contributed by atoms with van der Waals surface area (Å²) in [5.41, 5.74) is 11.9. The van der Waals surface area contributed by atoms with Crippen LogP contribution < -0.4 is 5.32 Å². The number of benzene rings is 5. The fourth-order valence-corrected chi connectivity index (χ4v) is 7.59. The quantitative estimate of drug-likeness (QED) is 0.211. The Morgan fingerprint density at radius 1 is 0.682 bits per heavy atom. The molecular formula is C41H31N3. The molecule has 3 nitrogen and oxygen atoms in total. The van der Waals surface area contributed by atoms with Crippen LogP contribution in [0.15, 0.2) is 150 Å². The van der Waals surface area contributed by atoms with Gasteiger partial charge in [0.25, 0.3) is 0 Å². The molecule has 5 aromatic carbocycles. The lowest BCUT2D eigenvalue weighted by atomic mass is 9.75. The van der Waals surface area contributed by atoms with Gasteiger partial charge in [0.05, 0.1) is 22.9 Å². The predicted molar refractivity (Wildman–Crippen MR) is 184 cm³/mol. The highest BCUT2D eigenvalue weighted by molar-refractivity contribution is 6.20. The summed E-state index contributed by atoms with van der Waals surface area (Å²) in [4.78, 5) is 5.50. The summed E-state index contributed by atoms with van der Waals surface area (Å²) >= 11 is 0. The van der Waals surface area contributed by atoms with E-state index >= 15 is 0 Å². The molecule has 0 saturated carbocycles. The highest BCUT2D eigenvalue weighted by Crippen LogP contribution is 2.52. The molecular weight excluding hydrogens is 534 g/mol. The molecule has 1 aromatic heterocycles. The molecule has 1 aliphatic heterocycles. The molecule has 0 fully saturated rings. The summed E-state index contributed by atoms with van der Waals surface area (Å²) in [7, 11) is 0. The number of aliphatic imine (C=N–C) groups is 1. The summed E-state index contributed by atoms with van der Waals surface area (Å²) in [6.45, 7) is 4.72. The number of aromatic nitrogens is 1. The number of nitrogens with zero attached hydrogens (tertiary/aromatic N) is 2. The molecule has 3 heteroatoms. The largest absolute Gasteiger partial charge is 0.345 e. The number of allylic oxidation sites excluding steroid dienone is 2. The maximum absolute atomic E-state index is 5.50. The molecule has 9 rings (SSSR count). The van der Waals surface area contributed by atoms with Crippen molar-refractivity contribution in [2.24, 2.45) is 4.99 Å². The van der Waals surface area contributed by atoms with Gasteiger partial charge in [-0.15, -0.1) is 0 Å². The smallest absolute Gasteiger partial charge is 0.209 e. The summed E-state index contributed by atoms with van der Waals surface area (Å²) in [5.74, 6) is 0.840. The van der Waals surface area contributed by atoms with E-state index in [-0.39, 0.29) is 11.5 Å². The molecule has 1 unspecified atom stereocenters. The highest BCUT2D eigenvalue weighted by atomic mass is 15.2. The van der Waals surface area contributed by atoms with Gasteiger partial charge in [0.2, 0.25) is 5.96 Å². The number of hydrogen-bond donors (Lipinski definition) is 1. The van der Waals surface area contributed by atoms with E-state index in [4.69, 9.17) is 4.99 Å². The van der Waals surface area contributed by atoms with Gasteiger partial charge in [-0.2, -0.15) is 0 Å². The van der Waals surface area contributed by atoms with Crippen molar-refractivity contribution < 1.29 is 0 Å². The molecule has 0 spiro atoms. The Morgan fingerprint density at radius 2 is 1.39 bits per heavy atom. The Hall–Kier alpha value is -5.41. The number of nitrogens with one attached hydrogen (secondary N) is 1. The summed E-state index contributed by atoms with van der Waals surface area (Å²) in [5, 5.41) is 7.54. The van der Waals surface area contributed by atoms with Gasteiger partial charge in [0, 0.05) is 38.5 Å². The fraction of sp³-hybridized carbons (Fsp3) is 0.0976. The van der Waals surface area contributed by atoms with Crippen LogP contribution in [-0.2, 0) is 5.41 Å². The Labute approximate surface area is 257 Å². The second kappa shape index (κ2) is 9.29. The minimum atomic E-state index is -0.193. The molecule has 0 radical (unpaired) electrons. The van der Waals surface area contributed by atoms with E-state index in [2.05, 4.69) is 163 Å². The molecule has 2 aliphatic carbocycles. The zero-order valence-electron chi connectivity index (χ0n) is 24.8. The van der Waals surface area contributed by atoms with Gasteiger partial charge in [-0.05, 0) is 22.1 Å². The van der Waals surface area contributed by atoms with E-state index in [0.717, 1.165) is 17.2 Å². The molecule has 0 saturated heterocycles. The Kier molecular flexibility index (Phi) is 5.31. The minimum Gasteiger partial charge on any atom is -0.345 e. The van der Waals surface area contributed by atoms with Gasteiger partial charge in [-0.1, -0.05) is 153 Å². The Morgan fingerprint density at radius 3 is 2.23 bits per heavy atom. The second-order valence-electron chi connectivity index (χ2n) is 12.4. The second-order valence-corrected chi connectivity index (χ2v) is 12.4. The average Bonchev–Trinajstić information content (AvgIpc) is 3.40. The normalized spacial score (nSPS) is 17.8. The van der Waals surface area contributed by atoms with Crippen LogP contribution in [0.5, 0.6) is 0 Å². The van der Waals surface area contributed by atoms with E-state index in [1.165, 1.54) is 60.8 Å². The van der Waals surface area contributed by atoms with Crippen LogP contribution in [0.2, 0.25) is 0 Å². The molecule has 210 valence electrons. The zero-order chi connectivity index (χ0) is 29.4. The third kappa shape index (κ3) is 3.47. The molecule has 1 N–H and O–H groups in total. The third-order valence-corrected chi connectivity index (χ3v) is 9.64. The maximum atomic E-state index is 5.50. The predicted octanol–water partition coefficient (Wildman–Crippen LogP) is 9.48. The van der Waals surface area contributed by atoms with Crippen LogP contribution in [0, 0.1) is 0 Å². The number of fused-ring (bicyclic) bond motifs is 10. The zero-order valence-corrected chi connectivity index (χ0v) is 24.8. The summed E-state index contributed by atoms with van der Waals surface area (Å²) in [6.07, 6.45) is 8.67. The number of rotatable bonds is 1. The molecule has 1 atom stereocenters. The topological polar surface area (TPSA) is 29.3 Å². The first-order chi connectivity index (χ1) is 21.6. The van der Waals surface area contributed by atoms with E-state index in [0.29, 0.717) is 0 Å². The van der Waals surface area contributed by atoms with Crippen LogP contribution in [0.4, 0.5) is 0 Å². The first-order valence-electron chi connectivity index (χ1n) is 15.4. The minimum absolute atomic E-state index is 0.00975. The highest BCUT2D eigenvalue weighted by Gasteiger charge is 2.37. The van der Waals surface area contributed by atoms with E-state index < -0.39 is 0 Å². The maximum Gasteiger partial charge on any atom is 0.209 e. The fourth-order valence-electron chi connectivity index (χ4n) is 7.59. The van der Waals surface area contributed by atoms with Crippen LogP contribution in [-0.4, -0.2) is 16.6 Å².